The van der Waals surface area contributed by atoms with Crippen molar-refractivity contribution in [3.8, 4) is 11.1 Å². The molecule has 2 aliphatic carbocycles. The summed E-state index contributed by atoms with van der Waals surface area (Å²) in [5.41, 5.74) is 11.3. The maximum absolute atomic E-state index is 3.44. The topological polar surface area (TPSA) is 0 Å². The van der Waals surface area contributed by atoms with Crippen LogP contribution in [0.25, 0.3) is 11.1 Å². The second kappa shape index (κ2) is 12.0. The molecule has 0 unspecified atom stereocenters. The van der Waals surface area contributed by atoms with Crippen molar-refractivity contribution < 1.29 is 21.7 Å². The zero-order valence-electron chi connectivity index (χ0n) is 22.3. The Bertz CT molecular complexity index is 955. The Balaban J connectivity index is 0.000000246. The fourth-order valence-corrected chi connectivity index (χ4v) is 4.07. The average molecular weight is 473 g/mol. The number of hydrogen-bond donors (Lipinski definition) is 0. The summed E-state index contributed by atoms with van der Waals surface area (Å²) in [6.07, 6.45) is 6.87. The van der Waals surface area contributed by atoms with Crippen LogP contribution in [0.4, 0.5) is 0 Å². The molecule has 0 N–H and O–H groups in total. The van der Waals surface area contributed by atoms with Gasteiger partial charge in [0.25, 0.3) is 0 Å². The van der Waals surface area contributed by atoms with Crippen LogP contribution in [-0.2, 0) is 21.7 Å². The summed E-state index contributed by atoms with van der Waals surface area (Å²) < 4.78 is 0. The van der Waals surface area contributed by atoms with Crippen LogP contribution >= 0.6 is 0 Å². The van der Waals surface area contributed by atoms with E-state index in [-0.39, 0.29) is 32.5 Å². The van der Waals surface area contributed by atoms with Crippen molar-refractivity contribution >= 4 is 0 Å². The van der Waals surface area contributed by atoms with Gasteiger partial charge in [0.1, 0.15) is 0 Å². The Kier molecular flexibility index (Phi) is 10.6. The first-order valence-electron chi connectivity index (χ1n) is 11.6. The fourth-order valence-electron chi connectivity index (χ4n) is 4.07. The van der Waals surface area contributed by atoms with E-state index in [0.717, 1.165) is 0 Å². The predicted molar refractivity (Wildman–Crippen MR) is 141 cm³/mol. The van der Waals surface area contributed by atoms with Crippen molar-refractivity contribution in [1.82, 2.24) is 0 Å². The van der Waals surface area contributed by atoms with Gasteiger partial charge in [-0.3, -0.25) is 12.2 Å². The largest absolute Gasteiger partial charge is 2.00 e. The second-order valence-corrected chi connectivity index (χ2v) is 9.98. The van der Waals surface area contributed by atoms with E-state index >= 15 is 0 Å². The van der Waals surface area contributed by atoms with Gasteiger partial charge in [-0.15, -0.1) is 13.8 Å². The van der Waals surface area contributed by atoms with Crippen LogP contribution in [0.3, 0.4) is 0 Å². The summed E-state index contributed by atoms with van der Waals surface area (Å²) in [5, 5.41) is 0. The Morgan fingerprint density at radius 1 is 0.485 bits per heavy atom. The van der Waals surface area contributed by atoms with E-state index in [1.807, 2.05) is 12.1 Å². The minimum Gasteiger partial charge on any atom is -0.263 e. The van der Waals surface area contributed by atoms with Crippen LogP contribution in [0.2, 0.25) is 0 Å². The summed E-state index contributed by atoms with van der Waals surface area (Å²) in [5.74, 6) is 0. The van der Waals surface area contributed by atoms with Crippen molar-refractivity contribution in [3.63, 3.8) is 0 Å². The van der Waals surface area contributed by atoms with Crippen LogP contribution in [0.5, 0.6) is 0 Å². The zero-order chi connectivity index (χ0) is 24.1. The molecule has 2 aromatic carbocycles. The van der Waals surface area contributed by atoms with E-state index in [1.165, 1.54) is 44.6 Å². The van der Waals surface area contributed by atoms with E-state index in [9.17, 15) is 0 Å². The number of rotatable bonds is 1. The van der Waals surface area contributed by atoms with E-state index in [0.29, 0.717) is 0 Å². The summed E-state index contributed by atoms with van der Waals surface area (Å²) in [4.78, 5) is 0. The van der Waals surface area contributed by atoms with Crippen LogP contribution in [0, 0.1) is 23.0 Å². The maximum atomic E-state index is 3.44. The number of benzene rings is 2. The van der Waals surface area contributed by atoms with Gasteiger partial charge in [-0.1, -0.05) is 127 Å². The predicted octanol–water partition coefficient (Wildman–Crippen LogP) is 9.58. The van der Waals surface area contributed by atoms with Gasteiger partial charge in [0.15, 0.2) is 0 Å². The van der Waals surface area contributed by atoms with Crippen molar-refractivity contribution in [3.05, 3.63) is 106 Å². The molecular formula is C32H40Ti. The van der Waals surface area contributed by atoms with Gasteiger partial charge >= 0.3 is 21.7 Å². The van der Waals surface area contributed by atoms with Crippen LogP contribution in [0.1, 0.15) is 69.2 Å². The molecule has 0 nitrogen and oxygen atoms in total. The minimum atomic E-state index is 0. The number of allylic oxidation sites excluding steroid dienone is 8. The standard InChI is InChI=1S/C12H10.2C10H15.Ti/c1-3-7-11(8-4-1)12-9-5-2-6-10-12;2*1-7-6-10(4,5)9(3)8(7)2;/h1-10H;2*1-5H3;/q;2*-1;+2. The molecule has 0 atom stereocenters. The van der Waals surface area contributed by atoms with Crippen molar-refractivity contribution in [1.29, 1.82) is 0 Å². The van der Waals surface area contributed by atoms with E-state index in [2.05, 4.69) is 130 Å². The van der Waals surface area contributed by atoms with Gasteiger partial charge in [0.05, 0.1) is 0 Å². The first-order chi connectivity index (χ1) is 14.9. The Morgan fingerprint density at radius 2 is 0.758 bits per heavy atom. The van der Waals surface area contributed by atoms with Gasteiger partial charge in [-0.05, 0) is 11.1 Å². The van der Waals surface area contributed by atoms with Gasteiger partial charge < -0.3 is 0 Å². The third-order valence-electron chi connectivity index (χ3n) is 7.01. The van der Waals surface area contributed by atoms with Gasteiger partial charge in [0, 0.05) is 0 Å². The molecule has 33 heavy (non-hydrogen) atoms. The molecule has 0 spiro atoms. The second-order valence-electron chi connectivity index (χ2n) is 9.98. The first-order valence-corrected chi connectivity index (χ1v) is 11.6. The summed E-state index contributed by atoms with van der Waals surface area (Å²) in [7, 11) is 0. The van der Waals surface area contributed by atoms with Crippen molar-refractivity contribution in [2.75, 3.05) is 0 Å². The quantitative estimate of drug-likeness (QED) is 0.286. The maximum Gasteiger partial charge on any atom is 2.00 e. The summed E-state index contributed by atoms with van der Waals surface area (Å²) in [6.45, 7) is 21.8. The SMILES string of the molecule is CC1=[C-]C(C)(C)C(C)=C1C.CC1=[C-]C(C)(C)C(C)=C1C.[Ti+2].c1ccc(-c2ccccc2)cc1. The van der Waals surface area contributed by atoms with Gasteiger partial charge in [0.2, 0.25) is 0 Å². The molecule has 0 aliphatic heterocycles. The molecule has 0 saturated carbocycles. The summed E-state index contributed by atoms with van der Waals surface area (Å²) >= 11 is 0. The fraction of sp³-hybridized carbons (Fsp3) is 0.375. The normalized spacial score (nSPS) is 17.8. The molecule has 0 amide bonds. The molecule has 0 bridgehead atoms. The molecule has 4 rings (SSSR count). The van der Waals surface area contributed by atoms with E-state index in [4.69, 9.17) is 0 Å². The molecule has 0 fully saturated rings. The summed E-state index contributed by atoms with van der Waals surface area (Å²) in [6, 6.07) is 20.8. The molecule has 0 radical (unpaired) electrons. The Labute approximate surface area is 218 Å². The van der Waals surface area contributed by atoms with Crippen LogP contribution < -0.4 is 0 Å². The van der Waals surface area contributed by atoms with Crippen molar-refractivity contribution in [2.24, 2.45) is 10.8 Å². The number of hydrogen-bond acceptors (Lipinski definition) is 0. The Hall–Kier alpha value is -1.89. The molecule has 0 heterocycles. The molecule has 0 aromatic heterocycles. The first kappa shape index (κ1) is 29.1. The molecule has 2 aromatic rings. The smallest absolute Gasteiger partial charge is 0.263 e. The van der Waals surface area contributed by atoms with E-state index in [1.54, 1.807) is 0 Å². The van der Waals surface area contributed by atoms with Gasteiger partial charge in [-0.2, -0.15) is 22.3 Å². The molecular weight excluding hydrogens is 432 g/mol. The average Bonchev–Trinajstić information content (AvgIpc) is 3.06. The molecule has 172 valence electrons. The Morgan fingerprint density at radius 3 is 0.909 bits per heavy atom. The molecule has 1 heteroatoms. The van der Waals surface area contributed by atoms with Crippen LogP contribution in [0.15, 0.2) is 94.1 Å². The third-order valence-corrected chi connectivity index (χ3v) is 7.01. The van der Waals surface area contributed by atoms with E-state index < -0.39 is 0 Å². The van der Waals surface area contributed by atoms with Crippen LogP contribution in [-0.4, -0.2) is 0 Å². The van der Waals surface area contributed by atoms with Crippen molar-refractivity contribution in [2.45, 2.75) is 69.2 Å². The van der Waals surface area contributed by atoms with Gasteiger partial charge in [-0.25, -0.2) is 11.1 Å². The molecule has 2 aliphatic rings. The molecule has 0 saturated heterocycles. The zero-order valence-corrected chi connectivity index (χ0v) is 23.8. The monoisotopic (exact) mass is 472 g/mol. The minimum absolute atomic E-state index is 0. The third kappa shape index (κ3) is 7.56.